The molecular weight excluding hydrogens is 370 g/mol. The normalized spacial score (nSPS) is 16.5. The van der Waals surface area contributed by atoms with E-state index in [-0.39, 0.29) is 30.6 Å². The van der Waals surface area contributed by atoms with Crippen LogP contribution in [0.25, 0.3) is 0 Å². The molecule has 1 aromatic rings. The number of ether oxygens (including phenoxy) is 2. The van der Waals surface area contributed by atoms with Crippen LogP contribution in [0.2, 0.25) is 0 Å². The van der Waals surface area contributed by atoms with Crippen LogP contribution in [0.3, 0.4) is 0 Å². The molecule has 1 aromatic carbocycles. The maximum atomic E-state index is 12.5. The van der Waals surface area contributed by atoms with Gasteiger partial charge in [0.2, 0.25) is 11.8 Å². The highest BCUT2D eigenvalue weighted by molar-refractivity contribution is 8.01. The second kappa shape index (κ2) is 10.1. The SMILES string of the molecule is CCCCOC(=O)c1ccc(N2C(=O)CC(SCC(=O)OCC)C2=O)cc1. The predicted molar refractivity (Wildman–Crippen MR) is 102 cm³/mol. The van der Waals surface area contributed by atoms with Gasteiger partial charge in [0.15, 0.2) is 0 Å². The average Bonchev–Trinajstić information content (AvgIpc) is 2.94. The summed E-state index contributed by atoms with van der Waals surface area (Å²) in [4.78, 5) is 49.2. The summed E-state index contributed by atoms with van der Waals surface area (Å²) in [6, 6.07) is 6.15. The van der Waals surface area contributed by atoms with Gasteiger partial charge in [0.25, 0.3) is 0 Å². The molecule has 0 radical (unpaired) electrons. The number of imide groups is 1. The fourth-order valence-corrected chi connectivity index (χ4v) is 3.44. The third-order valence-electron chi connectivity index (χ3n) is 3.91. The number of rotatable bonds is 9. The van der Waals surface area contributed by atoms with Crippen molar-refractivity contribution in [3.8, 4) is 0 Å². The quantitative estimate of drug-likeness (QED) is 0.362. The first kappa shape index (κ1) is 21.0. The largest absolute Gasteiger partial charge is 0.465 e. The predicted octanol–water partition coefficient (Wildman–Crippen LogP) is 2.57. The van der Waals surface area contributed by atoms with E-state index < -0.39 is 17.2 Å². The van der Waals surface area contributed by atoms with Crippen LogP contribution in [0.4, 0.5) is 5.69 Å². The Balaban J connectivity index is 1.98. The summed E-state index contributed by atoms with van der Waals surface area (Å²) in [5.74, 6) is -1.52. The van der Waals surface area contributed by atoms with E-state index in [9.17, 15) is 19.2 Å². The zero-order chi connectivity index (χ0) is 19.8. The molecule has 0 bridgehead atoms. The van der Waals surface area contributed by atoms with E-state index in [1.807, 2.05) is 6.92 Å². The molecule has 7 nitrogen and oxygen atoms in total. The Labute approximate surface area is 162 Å². The van der Waals surface area contributed by atoms with Gasteiger partial charge < -0.3 is 9.47 Å². The molecule has 0 spiro atoms. The van der Waals surface area contributed by atoms with E-state index in [1.165, 1.54) is 12.1 Å². The first-order chi connectivity index (χ1) is 13.0. The Kier molecular flexibility index (Phi) is 7.84. The molecule has 1 fully saturated rings. The Hall–Kier alpha value is -2.35. The van der Waals surface area contributed by atoms with Gasteiger partial charge in [0, 0.05) is 6.42 Å². The number of anilines is 1. The zero-order valence-electron chi connectivity index (χ0n) is 15.4. The van der Waals surface area contributed by atoms with Gasteiger partial charge in [-0.15, -0.1) is 11.8 Å². The molecule has 0 aromatic heterocycles. The summed E-state index contributed by atoms with van der Waals surface area (Å²) in [7, 11) is 0. The number of nitrogens with zero attached hydrogens (tertiary/aromatic N) is 1. The number of amides is 2. The molecule has 1 atom stereocenters. The van der Waals surface area contributed by atoms with Crippen molar-refractivity contribution in [1.82, 2.24) is 0 Å². The molecule has 146 valence electrons. The van der Waals surface area contributed by atoms with Crippen molar-refractivity contribution in [1.29, 1.82) is 0 Å². The van der Waals surface area contributed by atoms with E-state index in [4.69, 9.17) is 9.47 Å². The van der Waals surface area contributed by atoms with Crippen molar-refractivity contribution in [2.45, 2.75) is 38.4 Å². The van der Waals surface area contributed by atoms with Gasteiger partial charge >= 0.3 is 11.9 Å². The number of hydrogen-bond acceptors (Lipinski definition) is 7. The molecule has 1 aliphatic rings. The molecule has 1 aliphatic heterocycles. The standard InChI is InChI=1S/C19H23NO6S/c1-3-5-10-26-19(24)13-6-8-14(9-7-13)20-16(21)11-15(18(20)23)27-12-17(22)25-4-2/h6-9,15H,3-5,10-12H2,1-2H3. The van der Waals surface area contributed by atoms with E-state index in [0.29, 0.717) is 17.9 Å². The van der Waals surface area contributed by atoms with Gasteiger partial charge in [0.1, 0.15) is 0 Å². The number of hydrogen-bond donors (Lipinski definition) is 0. The molecule has 2 rings (SSSR count). The molecular formula is C19H23NO6S. The van der Waals surface area contributed by atoms with Gasteiger partial charge in [-0.3, -0.25) is 14.4 Å². The minimum Gasteiger partial charge on any atom is -0.465 e. The number of carbonyl (C=O) groups is 4. The first-order valence-corrected chi connectivity index (χ1v) is 9.94. The molecule has 27 heavy (non-hydrogen) atoms. The summed E-state index contributed by atoms with van der Waals surface area (Å²) in [5.41, 5.74) is 0.761. The summed E-state index contributed by atoms with van der Waals surface area (Å²) >= 11 is 1.10. The van der Waals surface area contributed by atoms with Crippen LogP contribution < -0.4 is 4.90 Å². The number of benzene rings is 1. The lowest BCUT2D eigenvalue weighted by Gasteiger charge is -2.15. The van der Waals surface area contributed by atoms with Crippen molar-refractivity contribution in [3.63, 3.8) is 0 Å². The summed E-state index contributed by atoms with van der Waals surface area (Å²) in [6.45, 7) is 4.35. The maximum Gasteiger partial charge on any atom is 0.338 e. The van der Waals surface area contributed by atoms with Crippen LogP contribution in [-0.2, 0) is 23.9 Å². The lowest BCUT2D eigenvalue weighted by atomic mass is 10.2. The third kappa shape index (κ3) is 5.56. The summed E-state index contributed by atoms with van der Waals surface area (Å²) < 4.78 is 9.97. The Morgan fingerprint density at radius 1 is 1.15 bits per heavy atom. The minimum atomic E-state index is -0.611. The Morgan fingerprint density at radius 3 is 2.48 bits per heavy atom. The minimum absolute atomic E-state index is 0.0217. The highest BCUT2D eigenvalue weighted by Gasteiger charge is 2.40. The van der Waals surface area contributed by atoms with Gasteiger partial charge in [-0.1, -0.05) is 13.3 Å². The monoisotopic (exact) mass is 393 g/mol. The second-order valence-electron chi connectivity index (χ2n) is 5.91. The van der Waals surface area contributed by atoms with E-state index in [0.717, 1.165) is 29.5 Å². The van der Waals surface area contributed by atoms with Crippen LogP contribution in [0.15, 0.2) is 24.3 Å². The summed E-state index contributed by atoms with van der Waals surface area (Å²) in [5, 5.41) is -0.611. The molecule has 0 saturated carbocycles. The van der Waals surface area contributed by atoms with Crippen molar-refractivity contribution in [2.75, 3.05) is 23.9 Å². The zero-order valence-corrected chi connectivity index (χ0v) is 16.3. The summed E-state index contributed by atoms with van der Waals surface area (Å²) in [6.07, 6.45) is 1.76. The highest BCUT2D eigenvalue weighted by Crippen LogP contribution is 2.30. The number of unbranched alkanes of at least 4 members (excludes halogenated alkanes) is 1. The Bertz CT molecular complexity index is 703. The Morgan fingerprint density at radius 2 is 1.85 bits per heavy atom. The second-order valence-corrected chi connectivity index (χ2v) is 7.10. The third-order valence-corrected chi connectivity index (χ3v) is 5.08. The van der Waals surface area contributed by atoms with Crippen LogP contribution in [0.1, 0.15) is 43.5 Å². The highest BCUT2D eigenvalue weighted by atomic mass is 32.2. The van der Waals surface area contributed by atoms with Crippen molar-refractivity contribution in [3.05, 3.63) is 29.8 Å². The fraction of sp³-hybridized carbons (Fsp3) is 0.474. The van der Waals surface area contributed by atoms with E-state index in [1.54, 1.807) is 19.1 Å². The van der Waals surface area contributed by atoms with Crippen LogP contribution in [0, 0.1) is 0 Å². The van der Waals surface area contributed by atoms with Gasteiger partial charge in [0.05, 0.1) is 35.5 Å². The van der Waals surface area contributed by atoms with E-state index >= 15 is 0 Å². The van der Waals surface area contributed by atoms with Gasteiger partial charge in [-0.25, -0.2) is 9.69 Å². The molecule has 8 heteroatoms. The van der Waals surface area contributed by atoms with Crippen LogP contribution in [0.5, 0.6) is 0 Å². The van der Waals surface area contributed by atoms with Crippen LogP contribution in [-0.4, -0.2) is 48.0 Å². The van der Waals surface area contributed by atoms with Gasteiger partial charge in [-0.2, -0.15) is 0 Å². The molecule has 1 unspecified atom stereocenters. The van der Waals surface area contributed by atoms with E-state index in [2.05, 4.69) is 0 Å². The maximum absolute atomic E-state index is 12.5. The van der Waals surface area contributed by atoms with Gasteiger partial charge in [-0.05, 0) is 37.6 Å². The number of thioether (sulfide) groups is 1. The molecule has 0 N–H and O–H groups in total. The molecule has 2 amide bonds. The van der Waals surface area contributed by atoms with Crippen molar-refractivity contribution in [2.24, 2.45) is 0 Å². The van der Waals surface area contributed by atoms with Crippen molar-refractivity contribution < 1.29 is 28.7 Å². The molecule has 0 aliphatic carbocycles. The first-order valence-electron chi connectivity index (χ1n) is 8.89. The van der Waals surface area contributed by atoms with Crippen molar-refractivity contribution >= 4 is 41.2 Å². The number of esters is 2. The lowest BCUT2D eigenvalue weighted by molar-refractivity contribution is -0.139. The molecule has 1 saturated heterocycles. The average molecular weight is 393 g/mol. The fourth-order valence-electron chi connectivity index (χ4n) is 2.52. The number of carbonyl (C=O) groups excluding carboxylic acids is 4. The lowest BCUT2D eigenvalue weighted by Crippen LogP contribution is -2.31. The van der Waals surface area contributed by atoms with Crippen LogP contribution >= 0.6 is 11.8 Å². The molecule has 1 heterocycles. The smallest absolute Gasteiger partial charge is 0.338 e. The topological polar surface area (TPSA) is 90.0 Å².